The smallest absolute Gasteiger partial charge is 0.269 e. The fourth-order valence-electron chi connectivity index (χ4n) is 3.12. The molecule has 2 aromatic carbocycles. The number of ether oxygens (including phenoxy) is 1. The molecule has 0 atom stereocenters. The van der Waals surface area contributed by atoms with Crippen LogP contribution in [0, 0.1) is 10.1 Å². The van der Waals surface area contributed by atoms with Crippen LogP contribution in [0.25, 0.3) is 0 Å². The van der Waals surface area contributed by atoms with Crippen molar-refractivity contribution >= 4 is 40.3 Å². The molecule has 3 rings (SSSR count). The molecular formula is C20H22N4O4S. The zero-order valence-corrected chi connectivity index (χ0v) is 16.6. The normalized spacial score (nSPS) is 13.4. The van der Waals surface area contributed by atoms with E-state index in [2.05, 4.69) is 15.5 Å². The van der Waals surface area contributed by atoms with E-state index in [0.717, 1.165) is 37.3 Å². The molecule has 152 valence electrons. The second-order valence-corrected chi connectivity index (χ2v) is 7.02. The van der Waals surface area contributed by atoms with Crippen molar-refractivity contribution in [3.63, 3.8) is 0 Å². The van der Waals surface area contributed by atoms with E-state index in [1.54, 1.807) is 0 Å². The number of benzene rings is 2. The third-order valence-corrected chi connectivity index (χ3v) is 4.72. The average molecular weight is 414 g/mol. The van der Waals surface area contributed by atoms with Crippen LogP contribution in [0.15, 0.2) is 48.5 Å². The average Bonchev–Trinajstić information content (AvgIpc) is 2.73. The summed E-state index contributed by atoms with van der Waals surface area (Å²) >= 11 is 5.26. The van der Waals surface area contributed by atoms with Gasteiger partial charge in [-0.25, -0.2) is 0 Å². The minimum absolute atomic E-state index is 0.0421. The minimum Gasteiger partial charge on any atom is -0.484 e. The van der Waals surface area contributed by atoms with Gasteiger partial charge in [0.25, 0.3) is 11.6 Å². The van der Waals surface area contributed by atoms with Crippen molar-refractivity contribution in [2.75, 3.05) is 29.9 Å². The van der Waals surface area contributed by atoms with Crippen molar-refractivity contribution in [2.45, 2.75) is 19.3 Å². The number of nitro groups is 1. The highest BCUT2D eigenvalue weighted by Gasteiger charge is 2.15. The molecule has 2 N–H and O–H groups in total. The summed E-state index contributed by atoms with van der Waals surface area (Å²) in [5.74, 6) is -0.0589. The standard InChI is InChI=1S/C20H22N4O4S/c25-19(14-28-16-10-8-15(9-11-16)24(26)27)22-20(29)21-17-6-2-3-7-18(17)23-12-4-1-5-13-23/h2-3,6-11H,1,4-5,12-14H2,(H2,21,22,25,29). The number of amides is 1. The van der Waals surface area contributed by atoms with Gasteiger partial charge in [-0.15, -0.1) is 0 Å². The van der Waals surface area contributed by atoms with Crippen LogP contribution in [0.2, 0.25) is 0 Å². The Labute approximate surface area is 174 Å². The summed E-state index contributed by atoms with van der Waals surface area (Å²) in [4.78, 5) is 24.6. The number of hydrogen-bond acceptors (Lipinski definition) is 6. The van der Waals surface area contributed by atoms with E-state index in [9.17, 15) is 14.9 Å². The van der Waals surface area contributed by atoms with Crippen molar-refractivity contribution in [3.8, 4) is 5.75 Å². The van der Waals surface area contributed by atoms with Gasteiger partial charge in [0.1, 0.15) is 5.75 Å². The molecule has 0 radical (unpaired) electrons. The first kappa shape index (κ1) is 20.5. The summed E-state index contributed by atoms with van der Waals surface area (Å²) in [5, 5.41) is 16.5. The van der Waals surface area contributed by atoms with Crippen LogP contribution in [-0.2, 0) is 4.79 Å². The second-order valence-electron chi connectivity index (χ2n) is 6.61. The van der Waals surface area contributed by atoms with Gasteiger partial charge in [-0.1, -0.05) is 12.1 Å². The lowest BCUT2D eigenvalue weighted by Crippen LogP contribution is -2.38. The van der Waals surface area contributed by atoms with Crippen molar-refractivity contribution < 1.29 is 14.5 Å². The minimum atomic E-state index is -0.498. The molecule has 0 saturated carbocycles. The third kappa shape index (κ3) is 5.89. The second kappa shape index (κ2) is 9.83. The Hall–Kier alpha value is -3.20. The Morgan fingerprint density at radius 1 is 1.10 bits per heavy atom. The number of carbonyl (C=O) groups excluding carboxylic acids is 1. The highest BCUT2D eigenvalue weighted by molar-refractivity contribution is 7.80. The van der Waals surface area contributed by atoms with E-state index in [1.165, 1.54) is 30.7 Å². The predicted molar refractivity (Wildman–Crippen MR) is 115 cm³/mol. The molecular weight excluding hydrogens is 392 g/mol. The molecule has 0 aromatic heterocycles. The molecule has 8 nitrogen and oxygen atoms in total. The number of thiocarbonyl (C=S) groups is 1. The van der Waals surface area contributed by atoms with E-state index in [4.69, 9.17) is 17.0 Å². The van der Waals surface area contributed by atoms with Crippen LogP contribution in [0.5, 0.6) is 5.75 Å². The predicted octanol–water partition coefficient (Wildman–Crippen LogP) is 3.48. The Kier molecular flexibility index (Phi) is 6.96. The first-order valence-electron chi connectivity index (χ1n) is 9.35. The topological polar surface area (TPSA) is 96.7 Å². The van der Waals surface area contributed by atoms with Crippen LogP contribution in [0.1, 0.15) is 19.3 Å². The zero-order chi connectivity index (χ0) is 20.6. The maximum Gasteiger partial charge on any atom is 0.269 e. The molecule has 1 amide bonds. The number of rotatable bonds is 6. The highest BCUT2D eigenvalue weighted by atomic mass is 32.1. The number of nitrogens with one attached hydrogen (secondary N) is 2. The molecule has 0 aliphatic carbocycles. The summed E-state index contributed by atoms with van der Waals surface area (Å²) < 4.78 is 5.34. The van der Waals surface area contributed by atoms with Gasteiger partial charge in [-0.05, 0) is 55.7 Å². The summed E-state index contributed by atoms with van der Waals surface area (Å²) in [6.45, 7) is 1.75. The number of nitro benzene ring substituents is 1. The Bertz CT molecular complexity index is 882. The number of carbonyl (C=O) groups is 1. The van der Waals surface area contributed by atoms with E-state index in [-0.39, 0.29) is 17.4 Å². The monoisotopic (exact) mass is 414 g/mol. The van der Waals surface area contributed by atoms with Gasteiger partial charge in [0.05, 0.1) is 16.3 Å². The van der Waals surface area contributed by atoms with E-state index >= 15 is 0 Å². The van der Waals surface area contributed by atoms with Crippen molar-refractivity contribution in [1.29, 1.82) is 0 Å². The van der Waals surface area contributed by atoms with Crippen LogP contribution in [0.3, 0.4) is 0 Å². The van der Waals surface area contributed by atoms with Crippen molar-refractivity contribution in [2.24, 2.45) is 0 Å². The summed E-state index contributed by atoms with van der Waals surface area (Å²) in [7, 11) is 0. The first-order chi connectivity index (χ1) is 14.0. The van der Waals surface area contributed by atoms with Gasteiger partial charge in [0.2, 0.25) is 0 Å². The number of para-hydroxylation sites is 2. The molecule has 2 aromatic rings. The highest BCUT2D eigenvalue weighted by Crippen LogP contribution is 2.28. The van der Waals surface area contributed by atoms with Gasteiger partial charge in [-0.2, -0.15) is 0 Å². The molecule has 0 bridgehead atoms. The molecule has 9 heteroatoms. The fourth-order valence-corrected chi connectivity index (χ4v) is 3.34. The molecule has 0 spiro atoms. The molecule has 1 fully saturated rings. The van der Waals surface area contributed by atoms with Crippen LogP contribution in [-0.4, -0.2) is 35.6 Å². The number of hydrogen-bond donors (Lipinski definition) is 2. The van der Waals surface area contributed by atoms with Crippen LogP contribution < -0.4 is 20.3 Å². The van der Waals surface area contributed by atoms with Gasteiger partial charge in [0.15, 0.2) is 11.7 Å². The number of nitrogens with zero attached hydrogens (tertiary/aromatic N) is 2. The maximum atomic E-state index is 12.1. The van der Waals surface area contributed by atoms with Crippen molar-refractivity contribution in [3.05, 3.63) is 58.6 Å². The van der Waals surface area contributed by atoms with Crippen LogP contribution >= 0.6 is 12.2 Å². The van der Waals surface area contributed by atoms with Gasteiger partial charge in [-0.3, -0.25) is 20.2 Å². The lowest BCUT2D eigenvalue weighted by Gasteiger charge is -2.30. The molecule has 29 heavy (non-hydrogen) atoms. The van der Waals surface area contributed by atoms with Crippen LogP contribution in [0.4, 0.5) is 17.1 Å². The molecule has 1 heterocycles. The van der Waals surface area contributed by atoms with E-state index in [1.807, 2.05) is 24.3 Å². The molecule has 0 unspecified atom stereocenters. The Balaban J connectivity index is 1.51. The molecule has 1 saturated heterocycles. The molecule has 1 aliphatic rings. The SMILES string of the molecule is O=C(COc1ccc([N+](=O)[O-])cc1)NC(=S)Nc1ccccc1N1CCCCC1. The Morgan fingerprint density at radius 3 is 2.48 bits per heavy atom. The quantitative estimate of drug-likeness (QED) is 0.424. The number of piperidine rings is 1. The van der Waals surface area contributed by atoms with Gasteiger partial charge < -0.3 is 15.0 Å². The fraction of sp³-hybridized carbons (Fsp3) is 0.300. The largest absolute Gasteiger partial charge is 0.484 e. The van der Waals surface area contributed by atoms with Gasteiger partial charge >= 0.3 is 0 Å². The third-order valence-electron chi connectivity index (χ3n) is 4.52. The van der Waals surface area contributed by atoms with Crippen molar-refractivity contribution in [1.82, 2.24) is 5.32 Å². The zero-order valence-electron chi connectivity index (χ0n) is 15.8. The maximum absolute atomic E-state index is 12.1. The summed E-state index contributed by atoms with van der Waals surface area (Å²) in [5.41, 5.74) is 1.86. The van der Waals surface area contributed by atoms with E-state index in [0.29, 0.717) is 5.75 Å². The Morgan fingerprint density at radius 2 is 1.79 bits per heavy atom. The van der Waals surface area contributed by atoms with Gasteiger partial charge in [0, 0.05) is 25.2 Å². The number of anilines is 2. The molecule has 1 aliphatic heterocycles. The lowest BCUT2D eigenvalue weighted by molar-refractivity contribution is -0.384. The number of non-ortho nitro benzene ring substituents is 1. The van der Waals surface area contributed by atoms with E-state index < -0.39 is 10.8 Å². The lowest BCUT2D eigenvalue weighted by atomic mass is 10.1. The summed E-state index contributed by atoms with van der Waals surface area (Å²) in [6, 6.07) is 13.4. The summed E-state index contributed by atoms with van der Waals surface area (Å²) in [6.07, 6.45) is 3.57. The first-order valence-corrected chi connectivity index (χ1v) is 9.76.